The highest BCUT2D eigenvalue weighted by Crippen LogP contribution is 2.45. The highest BCUT2D eigenvalue weighted by atomic mass is 79.9. The maximum atomic E-state index is 14.1. The van der Waals surface area contributed by atoms with Crippen LogP contribution in [0, 0.1) is 23.1 Å². The van der Waals surface area contributed by atoms with Gasteiger partial charge in [-0.3, -0.25) is 0 Å². The van der Waals surface area contributed by atoms with Gasteiger partial charge in [0.25, 0.3) is 0 Å². The van der Waals surface area contributed by atoms with Crippen LogP contribution in [0.5, 0.6) is 0 Å². The van der Waals surface area contributed by atoms with Crippen LogP contribution in [0.3, 0.4) is 0 Å². The molecule has 0 aromatic heterocycles. The zero-order valence-electron chi connectivity index (χ0n) is 12.4. The van der Waals surface area contributed by atoms with E-state index < -0.39 is 0 Å². The molecule has 0 bridgehead atoms. The van der Waals surface area contributed by atoms with E-state index in [9.17, 15) is 4.39 Å². The normalized spacial score (nSPS) is 27.6. The Morgan fingerprint density at radius 1 is 1.30 bits per heavy atom. The van der Waals surface area contributed by atoms with Gasteiger partial charge in [0.2, 0.25) is 0 Å². The minimum absolute atomic E-state index is 0.0947. The molecule has 1 aromatic rings. The van der Waals surface area contributed by atoms with Crippen molar-refractivity contribution in [3.63, 3.8) is 0 Å². The molecule has 0 N–H and O–H groups in total. The monoisotopic (exact) mass is 404 g/mol. The van der Waals surface area contributed by atoms with Crippen LogP contribution in [0.15, 0.2) is 22.7 Å². The number of rotatable bonds is 3. The molecule has 20 heavy (non-hydrogen) atoms. The summed E-state index contributed by atoms with van der Waals surface area (Å²) in [6, 6.07) is 5.42. The molecule has 1 saturated carbocycles. The SMILES string of the molecule is CC1CCC(C(C)(C)Cc2ccc(Br)cc2F)C(Br)C1. The van der Waals surface area contributed by atoms with Crippen LogP contribution in [0.1, 0.15) is 45.6 Å². The molecule has 0 spiro atoms. The van der Waals surface area contributed by atoms with E-state index in [0.717, 1.165) is 22.4 Å². The predicted octanol–water partition coefficient (Wildman–Crippen LogP) is 6.36. The van der Waals surface area contributed by atoms with E-state index in [2.05, 4.69) is 52.6 Å². The lowest BCUT2D eigenvalue weighted by molar-refractivity contribution is 0.146. The Kier molecular flexibility index (Phi) is 5.34. The van der Waals surface area contributed by atoms with Crippen molar-refractivity contribution >= 4 is 31.9 Å². The lowest BCUT2D eigenvalue weighted by Crippen LogP contribution is -2.37. The van der Waals surface area contributed by atoms with E-state index in [1.165, 1.54) is 19.3 Å². The quantitative estimate of drug-likeness (QED) is 0.513. The third-order valence-corrected chi connectivity index (χ3v) is 6.20. The summed E-state index contributed by atoms with van der Waals surface area (Å²) in [7, 11) is 0. The van der Waals surface area contributed by atoms with E-state index in [4.69, 9.17) is 0 Å². The van der Waals surface area contributed by atoms with Gasteiger partial charge >= 0.3 is 0 Å². The topological polar surface area (TPSA) is 0 Å². The van der Waals surface area contributed by atoms with Crippen LogP contribution in [-0.2, 0) is 6.42 Å². The predicted molar refractivity (Wildman–Crippen MR) is 90.8 cm³/mol. The lowest BCUT2D eigenvalue weighted by atomic mass is 9.66. The number of hydrogen-bond acceptors (Lipinski definition) is 0. The lowest BCUT2D eigenvalue weighted by Gasteiger charge is -2.42. The minimum Gasteiger partial charge on any atom is -0.207 e. The fourth-order valence-corrected chi connectivity index (χ4v) is 5.43. The zero-order chi connectivity index (χ0) is 14.9. The second-order valence-corrected chi connectivity index (χ2v) is 9.03. The third kappa shape index (κ3) is 3.85. The fraction of sp³-hybridized carbons (Fsp3) is 0.647. The number of hydrogen-bond donors (Lipinski definition) is 0. The Morgan fingerprint density at radius 2 is 2.00 bits per heavy atom. The largest absolute Gasteiger partial charge is 0.207 e. The number of alkyl halides is 1. The minimum atomic E-state index is -0.0947. The highest BCUT2D eigenvalue weighted by Gasteiger charge is 2.38. The summed E-state index contributed by atoms with van der Waals surface area (Å²) in [4.78, 5) is 0.555. The van der Waals surface area contributed by atoms with Crippen LogP contribution in [-0.4, -0.2) is 4.83 Å². The molecule has 1 aliphatic carbocycles. The molecule has 1 aromatic carbocycles. The van der Waals surface area contributed by atoms with Crippen molar-refractivity contribution in [1.82, 2.24) is 0 Å². The summed E-state index contributed by atoms with van der Waals surface area (Å²) in [5.74, 6) is 1.32. The third-order valence-electron chi connectivity index (χ3n) is 4.70. The molecule has 0 saturated heterocycles. The second-order valence-electron chi connectivity index (χ2n) is 6.94. The maximum absolute atomic E-state index is 14.1. The van der Waals surface area contributed by atoms with Crippen LogP contribution >= 0.6 is 31.9 Å². The van der Waals surface area contributed by atoms with Crippen LogP contribution < -0.4 is 0 Å². The summed E-state index contributed by atoms with van der Waals surface area (Å²) < 4.78 is 14.9. The summed E-state index contributed by atoms with van der Waals surface area (Å²) >= 11 is 7.19. The average Bonchev–Trinajstić information content (AvgIpc) is 2.32. The van der Waals surface area contributed by atoms with Gasteiger partial charge in [-0.15, -0.1) is 0 Å². The maximum Gasteiger partial charge on any atom is 0.127 e. The Labute approximate surface area is 138 Å². The molecular formula is C17H23Br2F. The van der Waals surface area contributed by atoms with Crippen molar-refractivity contribution in [2.24, 2.45) is 17.3 Å². The molecule has 112 valence electrons. The molecule has 0 amide bonds. The molecule has 0 nitrogen and oxygen atoms in total. The van der Waals surface area contributed by atoms with Gasteiger partial charge in [0.05, 0.1) is 0 Å². The van der Waals surface area contributed by atoms with Crippen molar-refractivity contribution in [3.8, 4) is 0 Å². The molecule has 2 rings (SSSR count). The highest BCUT2D eigenvalue weighted by molar-refractivity contribution is 9.10. The Morgan fingerprint density at radius 3 is 2.60 bits per heavy atom. The Hall–Kier alpha value is 0.110. The van der Waals surface area contributed by atoms with Gasteiger partial charge < -0.3 is 0 Å². The van der Waals surface area contributed by atoms with Gasteiger partial charge in [-0.1, -0.05) is 65.1 Å². The first-order valence-corrected chi connectivity index (χ1v) is 9.08. The second kappa shape index (κ2) is 6.48. The summed E-state index contributed by atoms with van der Waals surface area (Å²) in [6.45, 7) is 6.89. The molecule has 0 heterocycles. The molecule has 0 radical (unpaired) electrons. The number of benzene rings is 1. The van der Waals surface area contributed by atoms with E-state index >= 15 is 0 Å². The van der Waals surface area contributed by atoms with Crippen LogP contribution in [0.25, 0.3) is 0 Å². The van der Waals surface area contributed by atoms with Crippen molar-refractivity contribution in [2.45, 2.75) is 51.3 Å². The van der Waals surface area contributed by atoms with Gasteiger partial charge in [-0.25, -0.2) is 4.39 Å². The van der Waals surface area contributed by atoms with Crippen molar-refractivity contribution in [1.29, 1.82) is 0 Å². The summed E-state index contributed by atoms with van der Waals surface area (Å²) in [5.41, 5.74) is 0.944. The molecule has 3 heteroatoms. The van der Waals surface area contributed by atoms with Crippen molar-refractivity contribution < 1.29 is 4.39 Å². The van der Waals surface area contributed by atoms with Crippen molar-refractivity contribution in [2.75, 3.05) is 0 Å². The Balaban J connectivity index is 2.14. The van der Waals surface area contributed by atoms with Crippen LogP contribution in [0.4, 0.5) is 4.39 Å². The Bertz CT molecular complexity index is 470. The van der Waals surface area contributed by atoms with E-state index in [1.807, 2.05) is 12.1 Å². The average molecular weight is 406 g/mol. The fourth-order valence-electron chi connectivity index (χ4n) is 3.48. The number of halogens is 3. The van der Waals surface area contributed by atoms with Gasteiger partial charge in [0.15, 0.2) is 0 Å². The molecule has 0 aliphatic heterocycles. The van der Waals surface area contributed by atoms with Gasteiger partial charge in [-0.2, -0.15) is 0 Å². The van der Waals surface area contributed by atoms with Crippen molar-refractivity contribution in [3.05, 3.63) is 34.1 Å². The molecular weight excluding hydrogens is 383 g/mol. The smallest absolute Gasteiger partial charge is 0.127 e. The first kappa shape index (κ1) is 16.5. The van der Waals surface area contributed by atoms with E-state index in [1.54, 1.807) is 6.07 Å². The molecule has 1 fully saturated rings. The van der Waals surface area contributed by atoms with Gasteiger partial charge in [0.1, 0.15) is 5.82 Å². The summed E-state index contributed by atoms with van der Waals surface area (Å²) in [5, 5.41) is 0. The molecule has 3 atom stereocenters. The first-order valence-electron chi connectivity index (χ1n) is 7.37. The van der Waals surface area contributed by atoms with Crippen LogP contribution in [0.2, 0.25) is 0 Å². The first-order chi connectivity index (χ1) is 9.29. The zero-order valence-corrected chi connectivity index (χ0v) is 15.6. The molecule has 1 aliphatic rings. The van der Waals surface area contributed by atoms with E-state index in [-0.39, 0.29) is 11.2 Å². The molecule has 3 unspecified atom stereocenters. The summed E-state index contributed by atoms with van der Waals surface area (Å²) in [6.07, 6.45) is 4.56. The van der Waals surface area contributed by atoms with Gasteiger partial charge in [0, 0.05) is 9.30 Å². The standard InChI is InChI=1S/C17H23Br2F/c1-11-4-7-14(15(19)8-11)17(2,3)10-12-5-6-13(18)9-16(12)20/h5-6,9,11,14-15H,4,7-8,10H2,1-3H3. The van der Waals surface area contributed by atoms with Gasteiger partial charge in [-0.05, 0) is 54.2 Å². The van der Waals surface area contributed by atoms with E-state index in [0.29, 0.717) is 10.7 Å².